The number of hydrogen-bond donors (Lipinski definition) is 1. The van der Waals surface area contributed by atoms with Gasteiger partial charge in [0.1, 0.15) is 5.82 Å². The van der Waals surface area contributed by atoms with Crippen LogP contribution in [-0.4, -0.2) is 33.0 Å². The number of H-pyrrole nitrogens is 1. The summed E-state index contributed by atoms with van der Waals surface area (Å²) in [6.45, 7) is 4.07. The molecule has 2 aromatic rings. The van der Waals surface area contributed by atoms with Crippen LogP contribution in [0.3, 0.4) is 0 Å². The number of halogens is 1. The first-order chi connectivity index (χ1) is 8.97. The summed E-state index contributed by atoms with van der Waals surface area (Å²) >= 11 is 6.03. The third kappa shape index (κ3) is 3.12. The van der Waals surface area contributed by atoms with E-state index in [0.29, 0.717) is 23.0 Å². The van der Waals surface area contributed by atoms with E-state index in [1.54, 1.807) is 24.1 Å². The molecule has 0 saturated carbocycles. The van der Waals surface area contributed by atoms with Crippen LogP contribution < -0.4 is 0 Å². The highest BCUT2D eigenvalue weighted by molar-refractivity contribution is 6.31. The third-order valence-electron chi connectivity index (χ3n) is 2.79. The molecule has 1 heterocycles. The first kappa shape index (κ1) is 13.5. The molecule has 0 aliphatic heterocycles. The molecule has 19 heavy (non-hydrogen) atoms. The number of rotatable bonds is 3. The minimum Gasteiger partial charge on any atom is -0.334 e. The van der Waals surface area contributed by atoms with E-state index in [2.05, 4.69) is 15.2 Å². The normalized spacial score (nSPS) is 10.5. The fourth-order valence-corrected chi connectivity index (χ4v) is 1.87. The van der Waals surface area contributed by atoms with E-state index in [0.717, 1.165) is 11.4 Å². The van der Waals surface area contributed by atoms with Crippen molar-refractivity contribution in [2.75, 3.05) is 7.05 Å². The molecule has 5 nitrogen and oxygen atoms in total. The average Bonchev–Trinajstić information content (AvgIpc) is 2.77. The van der Waals surface area contributed by atoms with Crippen LogP contribution in [0, 0.1) is 13.8 Å². The van der Waals surface area contributed by atoms with Gasteiger partial charge in [-0.3, -0.25) is 9.89 Å². The molecule has 0 spiro atoms. The molecular weight excluding hydrogens is 264 g/mol. The van der Waals surface area contributed by atoms with Crippen LogP contribution in [0.1, 0.15) is 27.6 Å². The van der Waals surface area contributed by atoms with Gasteiger partial charge in [0.25, 0.3) is 5.91 Å². The van der Waals surface area contributed by atoms with Crippen molar-refractivity contribution in [3.8, 4) is 0 Å². The van der Waals surface area contributed by atoms with Gasteiger partial charge in [-0.25, -0.2) is 4.98 Å². The zero-order valence-electron chi connectivity index (χ0n) is 11.1. The van der Waals surface area contributed by atoms with Gasteiger partial charge in [-0.1, -0.05) is 17.7 Å². The van der Waals surface area contributed by atoms with Crippen molar-refractivity contribution in [3.63, 3.8) is 0 Å². The molecule has 1 amide bonds. The Balaban J connectivity index is 2.12. The number of aromatic amines is 1. The largest absolute Gasteiger partial charge is 0.334 e. The summed E-state index contributed by atoms with van der Waals surface area (Å²) in [5, 5.41) is 7.35. The van der Waals surface area contributed by atoms with Gasteiger partial charge in [0.2, 0.25) is 0 Å². The Hall–Kier alpha value is -1.88. The number of hydrogen-bond acceptors (Lipinski definition) is 3. The van der Waals surface area contributed by atoms with Crippen molar-refractivity contribution in [2.24, 2.45) is 0 Å². The second-order valence-electron chi connectivity index (χ2n) is 4.46. The van der Waals surface area contributed by atoms with Crippen LogP contribution in [0.25, 0.3) is 0 Å². The molecule has 0 atom stereocenters. The number of carbonyl (C=O) groups is 1. The average molecular weight is 279 g/mol. The van der Waals surface area contributed by atoms with E-state index < -0.39 is 0 Å². The number of nitrogens with zero attached hydrogens (tertiary/aromatic N) is 3. The van der Waals surface area contributed by atoms with Crippen molar-refractivity contribution in [1.82, 2.24) is 20.1 Å². The lowest BCUT2D eigenvalue weighted by Gasteiger charge is -2.15. The maximum Gasteiger partial charge on any atom is 0.254 e. The Morgan fingerprint density at radius 3 is 2.74 bits per heavy atom. The van der Waals surface area contributed by atoms with Crippen molar-refractivity contribution in [3.05, 3.63) is 46.0 Å². The van der Waals surface area contributed by atoms with E-state index in [4.69, 9.17) is 11.6 Å². The van der Waals surface area contributed by atoms with Crippen molar-refractivity contribution in [1.29, 1.82) is 0 Å². The van der Waals surface area contributed by atoms with Gasteiger partial charge in [-0.2, -0.15) is 5.10 Å². The molecule has 1 N–H and O–H groups in total. The highest BCUT2D eigenvalue weighted by atomic mass is 35.5. The zero-order chi connectivity index (χ0) is 14.0. The van der Waals surface area contributed by atoms with Gasteiger partial charge in [-0.15, -0.1) is 0 Å². The summed E-state index contributed by atoms with van der Waals surface area (Å²) < 4.78 is 0. The minimum atomic E-state index is -0.107. The lowest BCUT2D eigenvalue weighted by Crippen LogP contribution is -2.26. The Kier molecular flexibility index (Phi) is 3.85. The minimum absolute atomic E-state index is 0.107. The summed E-state index contributed by atoms with van der Waals surface area (Å²) in [4.78, 5) is 18.0. The predicted octanol–water partition coefficient (Wildman–Crippen LogP) is 2.35. The molecule has 0 aliphatic carbocycles. The molecule has 0 saturated heterocycles. The van der Waals surface area contributed by atoms with Gasteiger partial charge in [0, 0.05) is 17.6 Å². The number of aromatic nitrogens is 3. The van der Waals surface area contributed by atoms with E-state index in [9.17, 15) is 4.79 Å². The second-order valence-corrected chi connectivity index (χ2v) is 4.87. The predicted molar refractivity (Wildman–Crippen MR) is 73.1 cm³/mol. The van der Waals surface area contributed by atoms with E-state index in [1.165, 1.54) is 0 Å². The highest BCUT2D eigenvalue weighted by Gasteiger charge is 2.14. The summed E-state index contributed by atoms with van der Waals surface area (Å²) in [7, 11) is 1.71. The third-order valence-corrected chi connectivity index (χ3v) is 3.19. The first-order valence-corrected chi connectivity index (χ1v) is 6.24. The fraction of sp³-hybridized carbons (Fsp3) is 0.308. The van der Waals surface area contributed by atoms with Crippen LogP contribution in [0.15, 0.2) is 18.2 Å². The van der Waals surface area contributed by atoms with Crippen molar-refractivity contribution in [2.45, 2.75) is 20.4 Å². The summed E-state index contributed by atoms with van der Waals surface area (Å²) in [6.07, 6.45) is 0. The number of nitrogens with one attached hydrogen (secondary N) is 1. The van der Waals surface area contributed by atoms with E-state index in [1.807, 2.05) is 19.9 Å². The van der Waals surface area contributed by atoms with Gasteiger partial charge in [0.15, 0.2) is 5.82 Å². The topological polar surface area (TPSA) is 61.9 Å². The van der Waals surface area contributed by atoms with Gasteiger partial charge in [0.05, 0.1) is 6.54 Å². The van der Waals surface area contributed by atoms with E-state index in [-0.39, 0.29) is 5.91 Å². The zero-order valence-corrected chi connectivity index (χ0v) is 11.8. The standard InChI is InChI=1S/C13H15ClN4O/c1-8-4-5-10(6-11(8)14)13(19)18(3)7-12-15-9(2)16-17-12/h4-6H,7H2,1-3H3,(H,15,16,17). The summed E-state index contributed by atoms with van der Waals surface area (Å²) in [6, 6.07) is 5.28. The fourth-order valence-electron chi connectivity index (χ4n) is 1.69. The smallest absolute Gasteiger partial charge is 0.254 e. The summed E-state index contributed by atoms with van der Waals surface area (Å²) in [5.41, 5.74) is 1.51. The van der Waals surface area contributed by atoms with Gasteiger partial charge < -0.3 is 4.90 Å². The van der Waals surface area contributed by atoms with Crippen molar-refractivity contribution >= 4 is 17.5 Å². The lowest BCUT2D eigenvalue weighted by molar-refractivity contribution is 0.0781. The maximum atomic E-state index is 12.2. The maximum absolute atomic E-state index is 12.2. The van der Waals surface area contributed by atoms with Crippen LogP contribution >= 0.6 is 11.6 Å². The molecule has 2 rings (SSSR count). The van der Waals surface area contributed by atoms with Crippen LogP contribution in [0.4, 0.5) is 0 Å². The number of benzene rings is 1. The monoisotopic (exact) mass is 278 g/mol. The molecule has 0 fully saturated rings. The molecule has 0 unspecified atom stereocenters. The van der Waals surface area contributed by atoms with Crippen LogP contribution in [0.5, 0.6) is 0 Å². The van der Waals surface area contributed by atoms with Crippen molar-refractivity contribution < 1.29 is 4.79 Å². The van der Waals surface area contributed by atoms with E-state index >= 15 is 0 Å². The van der Waals surface area contributed by atoms with Crippen LogP contribution in [0.2, 0.25) is 5.02 Å². The summed E-state index contributed by atoms with van der Waals surface area (Å²) in [5.74, 6) is 1.21. The number of aryl methyl sites for hydroxylation is 2. The Morgan fingerprint density at radius 1 is 1.42 bits per heavy atom. The molecule has 0 bridgehead atoms. The SMILES string of the molecule is Cc1nc(CN(C)C(=O)c2ccc(C)c(Cl)c2)n[nH]1. The number of carbonyl (C=O) groups excluding carboxylic acids is 1. The number of amides is 1. The molecule has 1 aromatic carbocycles. The van der Waals surface area contributed by atoms with Gasteiger partial charge in [-0.05, 0) is 31.5 Å². The van der Waals surface area contributed by atoms with Gasteiger partial charge >= 0.3 is 0 Å². The Morgan fingerprint density at radius 2 is 2.16 bits per heavy atom. The Bertz CT molecular complexity index is 608. The second kappa shape index (κ2) is 5.40. The lowest BCUT2D eigenvalue weighted by atomic mass is 10.1. The first-order valence-electron chi connectivity index (χ1n) is 5.87. The molecule has 1 aromatic heterocycles. The molecule has 0 aliphatic rings. The molecule has 100 valence electrons. The molecular formula is C13H15ClN4O. The van der Waals surface area contributed by atoms with Crippen LogP contribution in [-0.2, 0) is 6.54 Å². The quantitative estimate of drug-likeness (QED) is 0.937. The molecule has 6 heteroatoms. The highest BCUT2D eigenvalue weighted by Crippen LogP contribution is 2.18. The molecule has 0 radical (unpaired) electrons. The Labute approximate surface area is 116 Å².